The summed E-state index contributed by atoms with van der Waals surface area (Å²) in [5, 5.41) is 3.38. The molecule has 0 aliphatic carbocycles. The molecule has 0 spiro atoms. The zero-order chi connectivity index (χ0) is 12.6. The smallest absolute Gasteiger partial charge is 0.201 e. The number of H-pyrrole nitrogens is 1. The van der Waals surface area contributed by atoms with E-state index in [0.29, 0.717) is 6.04 Å². The molecule has 0 amide bonds. The van der Waals surface area contributed by atoms with E-state index in [9.17, 15) is 0 Å². The van der Waals surface area contributed by atoms with Gasteiger partial charge in [-0.25, -0.2) is 4.98 Å². The van der Waals surface area contributed by atoms with Gasteiger partial charge in [-0.2, -0.15) is 0 Å². The van der Waals surface area contributed by atoms with Gasteiger partial charge in [-0.3, -0.25) is 0 Å². The van der Waals surface area contributed by atoms with Crippen LogP contribution in [0, 0.1) is 5.41 Å². The average molecular weight is 232 g/mol. The highest BCUT2D eigenvalue weighted by Gasteiger charge is 2.20. The van der Waals surface area contributed by atoms with Crippen LogP contribution in [-0.4, -0.2) is 16.0 Å². The number of fused-ring (bicyclic) bond motifs is 1. The van der Waals surface area contributed by atoms with Gasteiger partial charge in [0.1, 0.15) is 0 Å². The maximum atomic E-state index is 5.74. The van der Waals surface area contributed by atoms with Crippen LogP contribution in [0.3, 0.4) is 0 Å². The second-order valence-electron chi connectivity index (χ2n) is 5.59. The second-order valence-corrected chi connectivity index (χ2v) is 5.59. The van der Waals surface area contributed by atoms with Crippen LogP contribution in [0.15, 0.2) is 18.2 Å². The van der Waals surface area contributed by atoms with E-state index in [4.69, 9.17) is 5.73 Å². The van der Waals surface area contributed by atoms with Crippen LogP contribution in [0.5, 0.6) is 0 Å². The number of nitrogen functional groups attached to an aromatic ring is 1. The van der Waals surface area contributed by atoms with Crippen molar-refractivity contribution in [2.24, 2.45) is 5.41 Å². The largest absolute Gasteiger partial charge is 0.399 e. The number of aromatic nitrogens is 2. The number of imidazole rings is 1. The maximum absolute atomic E-state index is 5.74. The first-order valence-electron chi connectivity index (χ1n) is 5.88. The monoisotopic (exact) mass is 232 g/mol. The molecule has 0 aliphatic rings. The number of anilines is 2. The normalized spacial score (nSPS) is 13.9. The second kappa shape index (κ2) is 3.95. The third-order valence-electron chi connectivity index (χ3n) is 3.16. The van der Waals surface area contributed by atoms with Crippen molar-refractivity contribution in [2.45, 2.75) is 33.7 Å². The summed E-state index contributed by atoms with van der Waals surface area (Å²) in [5.41, 5.74) is 8.57. The Morgan fingerprint density at radius 1 is 1.35 bits per heavy atom. The van der Waals surface area contributed by atoms with Gasteiger partial charge in [0.25, 0.3) is 0 Å². The van der Waals surface area contributed by atoms with E-state index in [1.165, 1.54) is 0 Å². The summed E-state index contributed by atoms with van der Waals surface area (Å²) >= 11 is 0. The number of aromatic amines is 1. The fourth-order valence-electron chi connectivity index (χ4n) is 1.52. The summed E-state index contributed by atoms with van der Waals surface area (Å²) in [6, 6.07) is 6.02. The highest BCUT2D eigenvalue weighted by molar-refractivity contribution is 5.80. The zero-order valence-corrected chi connectivity index (χ0v) is 10.8. The van der Waals surface area contributed by atoms with Gasteiger partial charge >= 0.3 is 0 Å². The molecule has 4 nitrogen and oxygen atoms in total. The van der Waals surface area contributed by atoms with Crippen molar-refractivity contribution < 1.29 is 0 Å². The predicted molar refractivity (Wildman–Crippen MR) is 73.0 cm³/mol. The molecule has 1 aromatic heterocycles. The first kappa shape index (κ1) is 11.8. The van der Waals surface area contributed by atoms with Gasteiger partial charge in [-0.1, -0.05) is 20.8 Å². The highest BCUT2D eigenvalue weighted by atomic mass is 15.1. The molecule has 1 unspecified atom stereocenters. The molecule has 92 valence electrons. The molecule has 4 heteroatoms. The Morgan fingerprint density at radius 3 is 2.71 bits per heavy atom. The molecule has 0 fully saturated rings. The Bertz CT molecular complexity index is 522. The predicted octanol–water partition coefficient (Wildman–Crippen LogP) is 2.99. The molecular weight excluding hydrogens is 212 g/mol. The van der Waals surface area contributed by atoms with Gasteiger partial charge < -0.3 is 16.0 Å². The fourth-order valence-corrected chi connectivity index (χ4v) is 1.52. The molecule has 4 N–H and O–H groups in total. The molecule has 17 heavy (non-hydrogen) atoms. The Kier molecular flexibility index (Phi) is 2.73. The van der Waals surface area contributed by atoms with Crippen LogP contribution >= 0.6 is 0 Å². The highest BCUT2D eigenvalue weighted by Crippen LogP contribution is 2.23. The van der Waals surface area contributed by atoms with E-state index >= 15 is 0 Å². The van der Waals surface area contributed by atoms with Crippen molar-refractivity contribution >= 4 is 22.7 Å². The standard InChI is InChI=1S/C13H20N4/c1-8(13(2,3)4)15-12-16-10-6-5-9(14)7-11(10)17-12/h5-8H,14H2,1-4H3,(H2,15,16,17). The Morgan fingerprint density at radius 2 is 2.06 bits per heavy atom. The molecule has 1 aromatic carbocycles. The van der Waals surface area contributed by atoms with E-state index < -0.39 is 0 Å². The van der Waals surface area contributed by atoms with Crippen molar-refractivity contribution in [2.75, 3.05) is 11.1 Å². The Labute approximate surface area is 102 Å². The molecule has 0 saturated carbocycles. The lowest BCUT2D eigenvalue weighted by Crippen LogP contribution is -2.31. The number of hydrogen-bond acceptors (Lipinski definition) is 3. The fraction of sp³-hybridized carbons (Fsp3) is 0.462. The number of hydrogen-bond donors (Lipinski definition) is 3. The van der Waals surface area contributed by atoms with Crippen molar-refractivity contribution in [3.8, 4) is 0 Å². The first-order chi connectivity index (χ1) is 7.86. The minimum Gasteiger partial charge on any atom is -0.399 e. The summed E-state index contributed by atoms with van der Waals surface area (Å²) in [7, 11) is 0. The SMILES string of the molecule is CC(Nc1nc2ccc(N)cc2[nH]1)C(C)(C)C. The minimum atomic E-state index is 0.192. The summed E-state index contributed by atoms with van der Waals surface area (Å²) in [6.45, 7) is 8.75. The third-order valence-corrected chi connectivity index (χ3v) is 3.16. The number of nitrogens with zero attached hydrogens (tertiary/aromatic N) is 1. The molecule has 0 radical (unpaired) electrons. The van der Waals surface area contributed by atoms with E-state index in [-0.39, 0.29) is 5.41 Å². The van der Waals surface area contributed by atoms with E-state index in [1.54, 1.807) is 0 Å². The maximum Gasteiger partial charge on any atom is 0.201 e. The lowest BCUT2D eigenvalue weighted by atomic mass is 9.88. The molecule has 2 aromatic rings. The minimum absolute atomic E-state index is 0.192. The Hall–Kier alpha value is -1.71. The molecule has 0 saturated heterocycles. The summed E-state index contributed by atoms with van der Waals surface area (Å²) < 4.78 is 0. The van der Waals surface area contributed by atoms with Gasteiger partial charge in [0.05, 0.1) is 11.0 Å². The van der Waals surface area contributed by atoms with Gasteiger partial charge in [0, 0.05) is 11.7 Å². The molecular formula is C13H20N4. The van der Waals surface area contributed by atoms with Crippen LogP contribution < -0.4 is 11.1 Å². The van der Waals surface area contributed by atoms with Crippen LogP contribution in [0.1, 0.15) is 27.7 Å². The van der Waals surface area contributed by atoms with E-state index in [0.717, 1.165) is 22.7 Å². The summed E-state index contributed by atoms with van der Waals surface area (Å²) in [5.74, 6) is 0.799. The van der Waals surface area contributed by atoms with Crippen molar-refractivity contribution in [1.29, 1.82) is 0 Å². The molecule has 1 heterocycles. The Balaban J connectivity index is 2.25. The lowest BCUT2D eigenvalue weighted by Gasteiger charge is -2.27. The number of nitrogens with one attached hydrogen (secondary N) is 2. The topological polar surface area (TPSA) is 66.7 Å². The van der Waals surface area contributed by atoms with Crippen molar-refractivity contribution in [1.82, 2.24) is 9.97 Å². The zero-order valence-electron chi connectivity index (χ0n) is 10.8. The van der Waals surface area contributed by atoms with Crippen molar-refractivity contribution in [3.05, 3.63) is 18.2 Å². The molecule has 0 aliphatic heterocycles. The van der Waals surface area contributed by atoms with Gasteiger partial charge in [0.15, 0.2) is 0 Å². The quantitative estimate of drug-likeness (QED) is 0.697. The summed E-state index contributed by atoms with van der Waals surface area (Å²) in [6.07, 6.45) is 0. The van der Waals surface area contributed by atoms with Gasteiger partial charge in [-0.05, 0) is 30.5 Å². The molecule has 0 bridgehead atoms. The number of benzene rings is 1. The van der Waals surface area contributed by atoms with E-state index in [1.807, 2.05) is 18.2 Å². The average Bonchev–Trinajstić information content (AvgIpc) is 2.57. The number of rotatable bonds is 2. The number of nitrogens with two attached hydrogens (primary N) is 1. The van der Waals surface area contributed by atoms with Crippen LogP contribution in [0.25, 0.3) is 11.0 Å². The molecule has 1 atom stereocenters. The van der Waals surface area contributed by atoms with Crippen LogP contribution in [-0.2, 0) is 0 Å². The lowest BCUT2D eigenvalue weighted by molar-refractivity contribution is 0.358. The van der Waals surface area contributed by atoms with Gasteiger partial charge in [0.2, 0.25) is 5.95 Å². The summed E-state index contributed by atoms with van der Waals surface area (Å²) in [4.78, 5) is 7.72. The molecule has 2 rings (SSSR count). The van der Waals surface area contributed by atoms with Gasteiger partial charge in [-0.15, -0.1) is 0 Å². The first-order valence-corrected chi connectivity index (χ1v) is 5.88. The third kappa shape index (κ3) is 2.52. The van der Waals surface area contributed by atoms with Crippen LogP contribution in [0.2, 0.25) is 0 Å². The van der Waals surface area contributed by atoms with Crippen molar-refractivity contribution in [3.63, 3.8) is 0 Å². The van der Waals surface area contributed by atoms with E-state index in [2.05, 4.69) is 43.0 Å². The van der Waals surface area contributed by atoms with Crippen LogP contribution in [0.4, 0.5) is 11.6 Å².